The molecule has 0 bridgehead atoms. The Labute approximate surface area is 202 Å². The number of aliphatic hydroxyl groups excluding tert-OH is 1. The first-order valence-electron chi connectivity index (χ1n) is 10.6. The van der Waals surface area contributed by atoms with E-state index in [0.717, 1.165) is 11.3 Å². The molecular formula is C26H24ClN3O4. The molecule has 0 radical (unpaired) electrons. The van der Waals surface area contributed by atoms with Crippen LogP contribution in [0.1, 0.15) is 22.9 Å². The van der Waals surface area contributed by atoms with Gasteiger partial charge in [-0.25, -0.2) is 0 Å². The second-order valence-corrected chi connectivity index (χ2v) is 8.57. The summed E-state index contributed by atoms with van der Waals surface area (Å²) in [5, 5.41) is 11.7. The second-order valence-electron chi connectivity index (χ2n) is 8.16. The molecule has 1 unspecified atom stereocenters. The third-order valence-corrected chi connectivity index (χ3v) is 5.98. The van der Waals surface area contributed by atoms with Crippen molar-refractivity contribution in [2.45, 2.75) is 13.0 Å². The van der Waals surface area contributed by atoms with E-state index in [1.807, 2.05) is 38.1 Å². The Hall–Kier alpha value is -3.84. The molecule has 174 valence electrons. The minimum atomic E-state index is -0.935. The molecule has 0 aliphatic carbocycles. The average Bonchev–Trinajstić information content (AvgIpc) is 3.09. The number of methoxy groups -OCH3 is 1. The maximum Gasteiger partial charge on any atom is 0.300 e. The highest BCUT2D eigenvalue weighted by atomic mass is 35.5. The Morgan fingerprint density at radius 3 is 2.41 bits per heavy atom. The van der Waals surface area contributed by atoms with Gasteiger partial charge in [0.05, 0.1) is 29.0 Å². The molecule has 8 heteroatoms. The summed E-state index contributed by atoms with van der Waals surface area (Å²) in [5.41, 5.74) is 2.80. The molecule has 1 aliphatic rings. The lowest BCUT2D eigenvalue weighted by Crippen LogP contribution is -2.29. The van der Waals surface area contributed by atoms with E-state index in [9.17, 15) is 14.7 Å². The molecule has 0 spiro atoms. The maximum atomic E-state index is 13.3. The highest BCUT2D eigenvalue weighted by molar-refractivity contribution is 6.51. The number of aromatic nitrogens is 1. The van der Waals surface area contributed by atoms with Crippen molar-refractivity contribution in [2.24, 2.45) is 0 Å². The van der Waals surface area contributed by atoms with E-state index < -0.39 is 17.7 Å². The summed E-state index contributed by atoms with van der Waals surface area (Å²) in [6, 6.07) is 14.9. The molecule has 1 aliphatic heterocycles. The Morgan fingerprint density at radius 2 is 1.82 bits per heavy atom. The molecule has 1 N–H and O–H groups in total. The van der Waals surface area contributed by atoms with Gasteiger partial charge in [-0.2, -0.15) is 0 Å². The van der Waals surface area contributed by atoms with Crippen LogP contribution in [-0.4, -0.2) is 43.0 Å². The summed E-state index contributed by atoms with van der Waals surface area (Å²) in [5.74, 6) is -1.73. The molecule has 1 saturated heterocycles. The number of nitrogens with zero attached hydrogens (tertiary/aromatic N) is 3. The summed E-state index contributed by atoms with van der Waals surface area (Å²) in [6.07, 6.45) is 1.58. The van der Waals surface area contributed by atoms with Gasteiger partial charge >= 0.3 is 0 Å². The minimum Gasteiger partial charge on any atom is -0.507 e. The molecule has 7 nitrogen and oxygen atoms in total. The predicted octanol–water partition coefficient (Wildman–Crippen LogP) is 4.74. The van der Waals surface area contributed by atoms with Crippen LogP contribution in [0.5, 0.6) is 5.75 Å². The molecule has 4 rings (SSSR count). The van der Waals surface area contributed by atoms with Crippen molar-refractivity contribution >= 4 is 40.4 Å². The van der Waals surface area contributed by atoms with Gasteiger partial charge in [-0.1, -0.05) is 17.7 Å². The number of ketones is 1. The number of rotatable bonds is 5. The van der Waals surface area contributed by atoms with Crippen LogP contribution in [0.2, 0.25) is 5.02 Å². The van der Waals surface area contributed by atoms with Crippen LogP contribution in [0.3, 0.4) is 0 Å². The van der Waals surface area contributed by atoms with Crippen LogP contribution < -0.4 is 14.5 Å². The number of amides is 1. The molecular weight excluding hydrogens is 454 g/mol. The number of aliphatic hydroxyl groups is 1. The zero-order chi connectivity index (χ0) is 24.6. The molecule has 3 aromatic rings. The molecule has 0 saturated carbocycles. The molecule has 1 atom stereocenters. The number of Topliss-reactive ketones (excluding diaryl/α,β-unsaturated/α-hetero) is 1. The summed E-state index contributed by atoms with van der Waals surface area (Å²) < 4.78 is 5.41. The first-order chi connectivity index (χ1) is 16.2. The van der Waals surface area contributed by atoms with Crippen molar-refractivity contribution in [3.63, 3.8) is 0 Å². The van der Waals surface area contributed by atoms with E-state index >= 15 is 0 Å². The number of carbonyl (C=O) groups excluding carboxylic acids is 2. The fourth-order valence-corrected chi connectivity index (χ4v) is 4.44. The second kappa shape index (κ2) is 9.19. The highest BCUT2D eigenvalue weighted by Gasteiger charge is 2.48. The Balaban J connectivity index is 1.96. The van der Waals surface area contributed by atoms with Gasteiger partial charge in [0.2, 0.25) is 0 Å². The zero-order valence-electron chi connectivity index (χ0n) is 19.2. The largest absolute Gasteiger partial charge is 0.507 e. The van der Waals surface area contributed by atoms with Gasteiger partial charge in [0.1, 0.15) is 17.6 Å². The van der Waals surface area contributed by atoms with Gasteiger partial charge < -0.3 is 14.7 Å². The summed E-state index contributed by atoms with van der Waals surface area (Å²) in [4.78, 5) is 34.3. The predicted molar refractivity (Wildman–Crippen MR) is 133 cm³/mol. The monoisotopic (exact) mass is 477 g/mol. The van der Waals surface area contributed by atoms with E-state index in [2.05, 4.69) is 4.98 Å². The summed E-state index contributed by atoms with van der Waals surface area (Å²) >= 11 is 6.33. The first kappa shape index (κ1) is 23.3. The normalized spacial score (nSPS) is 17.2. The third kappa shape index (κ3) is 3.99. The van der Waals surface area contributed by atoms with E-state index in [1.54, 1.807) is 48.7 Å². The number of pyridine rings is 1. The van der Waals surface area contributed by atoms with Crippen LogP contribution >= 0.6 is 11.6 Å². The van der Waals surface area contributed by atoms with Crippen LogP contribution in [0.4, 0.5) is 11.4 Å². The minimum absolute atomic E-state index is 0.0830. The van der Waals surface area contributed by atoms with Crippen molar-refractivity contribution in [1.82, 2.24) is 4.98 Å². The van der Waals surface area contributed by atoms with Gasteiger partial charge in [0, 0.05) is 31.7 Å². The molecule has 1 fully saturated rings. The van der Waals surface area contributed by atoms with Gasteiger partial charge in [-0.05, 0) is 61.0 Å². The number of benzene rings is 2. The molecule has 34 heavy (non-hydrogen) atoms. The highest BCUT2D eigenvalue weighted by Crippen LogP contribution is 2.44. The van der Waals surface area contributed by atoms with Crippen molar-refractivity contribution < 1.29 is 19.4 Å². The van der Waals surface area contributed by atoms with E-state index in [1.165, 1.54) is 12.0 Å². The number of halogens is 1. The standard InChI is InChI=1S/C26H24ClN3O4/c1-15-13-18(25(34-4)19(27)14-15)23(31)21-22(20-7-5-6-12-28-20)30(26(33)24(21)32)17-10-8-16(9-11-17)29(2)3/h5-14,22,31H,1-4H3/b23-21+. The molecule has 2 aromatic carbocycles. The number of hydrogen-bond acceptors (Lipinski definition) is 6. The molecule has 1 amide bonds. The Kier molecular flexibility index (Phi) is 6.30. The first-order valence-corrected chi connectivity index (χ1v) is 11.0. The lowest BCUT2D eigenvalue weighted by atomic mass is 9.97. The topological polar surface area (TPSA) is 83.0 Å². The summed E-state index contributed by atoms with van der Waals surface area (Å²) in [7, 11) is 5.25. The van der Waals surface area contributed by atoms with Gasteiger partial charge in [-0.3, -0.25) is 19.5 Å². The lowest BCUT2D eigenvalue weighted by Gasteiger charge is -2.25. The Morgan fingerprint density at radius 1 is 1.12 bits per heavy atom. The third-order valence-electron chi connectivity index (χ3n) is 5.70. The summed E-state index contributed by atoms with van der Waals surface area (Å²) in [6.45, 7) is 1.81. The number of anilines is 2. The SMILES string of the molecule is COc1c(Cl)cc(C)cc1/C(O)=C1\C(=O)C(=O)N(c2ccc(N(C)C)cc2)C1c1ccccn1. The van der Waals surface area contributed by atoms with E-state index in [-0.39, 0.29) is 27.7 Å². The fourth-order valence-electron chi connectivity index (χ4n) is 4.09. The average molecular weight is 478 g/mol. The van der Waals surface area contributed by atoms with E-state index in [4.69, 9.17) is 16.3 Å². The van der Waals surface area contributed by atoms with Crippen LogP contribution in [0, 0.1) is 6.92 Å². The lowest BCUT2D eigenvalue weighted by molar-refractivity contribution is -0.132. The number of aryl methyl sites for hydroxylation is 1. The van der Waals surface area contributed by atoms with Gasteiger partial charge in [-0.15, -0.1) is 0 Å². The van der Waals surface area contributed by atoms with Crippen molar-refractivity contribution in [3.8, 4) is 5.75 Å². The van der Waals surface area contributed by atoms with Gasteiger partial charge in [0.15, 0.2) is 0 Å². The van der Waals surface area contributed by atoms with Crippen LogP contribution in [0.25, 0.3) is 5.76 Å². The fraction of sp³-hybridized carbons (Fsp3) is 0.192. The quantitative estimate of drug-likeness (QED) is 0.324. The number of ether oxygens (including phenoxy) is 1. The van der Waals surface area contributed by atoms with Crippen LogP contribution in [0.15, 0.2) is 66.4 Å². The maximum absolute atomic E-state index is 13.3. The molecule has 2 heterocycles. The Bertz CT molecular complexity index is 1290. The van der Waals surface area contributed by atoms with Crippen LogP contribution in [-0.2, 0) is 9.59 Å². The smallest absolute Gasteiger partial charge is 0.300 e. The van der Waals surface area contributed by atoms with Crippen molar-refractivity contribution in [3.05, 3.63) is 88.2 Å². The zero-order valence-corrected chi connectivity index (χ0v) is 20.0. The number of carbonyl (C=O) groups is 2. The number of hydrogen-bond donors (Lipinski definition) is 1. The van der Waals surface area contributed by atoms with E-state index in [0.29, 0.717) is 11.4 Å². The van der Waals surface area contributed by atoms with Gasteiger partial charge in [0.25, 0.3) is 11.7 Å². The van der Waals surface area contributed by atoms with Crippen molar-refractivity contribution in [2.75, 3.05) is 31.0 Å². The molecule has 1 aromatic heterocycles. The van der Waals surface area contributed by atoms with Crippen molar-refractivity contribution in [1.29, 1.82) is 0 Å².